The zero-order valence-electron chi connectivity index (χ0n) is 16.4. The lowest BCUT2D eigenvalue weighted by atomic mass is 10.1. The Morgan fingerprint density at radius 2 is 1.80 bits per heavy atom. The zero-order chi connectivity index (χ0) is 21.5. The van der Waals surface area contributed by atoms with Gasteiger partial charge in [-0.3, -0.25) is 14.4 Å². The quantitative estimate of drug-likeness (QED) is 0.542. The summed E-state index contributed by atoms with van der Waals surface area (Å²) in [6, 6.07) is 5.58. The van der Waals surface area contributed by atoms with Crippen molar-refractivity contribution in [3.63, 3.8) is 0 Å². The number of hydrogen-bond donors (Lipinski definition) is 0. The Kier molecular flexibility index (Phi) is 5.18. The van der Waals surface area contributed by atoms with E-state index in [1.165, 1.54) is 18.3 Å². The average Bonchev–Trinajstić information content (AvgIpc) is 3.18. The summed E-state index contributed by atoms with van der Waals surface area (Å²) in [4.78, 5) is 18.7. The highest BCUT2D eigenvalue weighted by atomic mass is 19.4. The predicted octanol–water partition coefficient (Wildman–Crippen LogP) is 2.78. The highest BCUT2D eigenvalue weighted by molar-refractivity contribution is 5.25. The number of nitrogens with zero attached hydrogens (tertiary/aromatic N) is 5. The van der Waals surface area contributed by atoms with Crippen LogP contribution in [0.2, 0.25) is 0 Å². The largest absolute Gasteiger partial charge is 0.436 e. The van der Waals surface area contributed by atoms with Crippen LogP contribution in [-0.4, -0.2) is 62.6 Å². The normalized spacial score (nSPS) is 22.7. The standard InChI is InChI=1S/C19H22F3N5O3/c1-18(13-26-11-16(27(28)29)23-17(26)30-18)12-25-8-6-24(7-9-25)10-14-2-4-15(5-3-14)19(20,21)22/h2-5,11H,6-10,12-13H2,1H3. The summed E-state index contributed by atoms with van der Waals surface area (Å²) in [6.45, 7) is 6.94. The molecule has 0 radical (unpaired) electrons. The second kappa shape index (κ2) is 7.55. The van der Waals surface area contributed by atoms with Crippen LogP contribution in [-0.2, 0) is 19.3 Å². The molecule has 1 atom stereocenters. The molecule has 4 rings (SSSR count). The number of hydrogen-bond acceptors (Lipinski definition) is 6. The van der Waals surface area contributed by atoms with Crippen molar-refractivity contribution in [1.29, 1.82) is 0 Å². The van der Waals surface area contributed by atoms with Crippen LogP contribution >= 0.6 is 0 Å². The van der Waals surface area contributed by atoms with Gasteiger partial charge in [0, 0.05) is 44.3 Å². The second-order valence-corrected chi connectivity index (χ2v) is 8.07. The first-order valence-corrected chi connectivity index (χ1v) is 9.63. The summed E-state index contributed by atoms with van der Waals surface area (Å²) in [5.41, 5.74) is -0.284. The van der Waals surface area contributed by atoms with Crippen molar-refractivity contribution in [1.82, 2.24) is 19.4 Å². The van der Waals surface area contributed by atoms with Crippen LogP contribution in [0.25, 0.3) is 0 Å². The van der Waals surface area contributed by atoms with E-state index in [9.17, 15) is 23.3 Å². The van der Waals surface area contributed by atoms with Gasteiger partial charge in [-0.05, 0) is 29.5 Å². The summed E-state index contributed by atoms with van der Waals surface area (Å²) in [5.74, 6) is -0.219. The van der Waals surface area contributed by atoms with E-state index in [0.29, 0.717) is 19.6 Å². The van der Waals surface area contributed by atoms with Gasteiger partial charge in [0.2, 0.25) is 0 Å². The van der Waals surface area contributed by atoms with Gasteiger partial charge in [-0.15, -0.1) is 0 Å². The van der Waals surface area contributed by atoms with Crippen LogP contribution in [0.4, 0.5) is 19.0 Å². The molecule has 162 valence electrons. The molecule has 1 aromatic heterocycles. The van der Waals surface area contributed by atoms with Gasteiger partial charge in [-0.25, -0.2) is 0 Å². The number of imidazole rings is 1. The van der Waals surface area contributed by atoms with Gasteiger partial charge in [0.05, 0.1) is 12.1 Å². The molecule has 1 unspecified atom stereocenters. The van der Waals surface area contributed by atoms with Gasteiger partial charge in [0.1, 0.15) is 11.8 Å². The third-order valence-corrected chi connectivity index (χ3v) is 5.47. The average molecular weight is 425 g/mol. The molecule has 0 spiro atoms. The van der Waals surface area contributed by atoms with E-state index >= 15 is 0 Å². The number of nitro groups is 1. The molecule has 0 saturated carbocycles. The maximum absolute atomic E-state index is 12.7. The Labute approximate surface area is 171 Å². The first kappa shape index (κ1) is 20.6. The van der Waals surface area contributed by atoms with Crippen molar-refractivity contribution in [3.8, 4) is 6.01 Å². The van der Waals surface area contributed by atoms with Crippen LogP contribution in [0.5, 0.6) is 6.01 Å². The van der Waals surface area contributed by atoms with Gasteiger partial charge in [0.15, 0.2) is 0 Å². The second-order valence-electron chi connectivity index (χ2n) is 8.07. The van der Waals surface area contributed by atoms with E-state index in [1.807, 2.05) is 6.92 Å². The third kappa shape index (κ3) is 4.41. The number of aromatic nitrogens is 2. The molecular weight excluding hydrogens is 403 g/mol. The molecule has 0 aliphatic carbocycles. The molecule has 2 aliphatic heterocycles. The fourth-order valence-corrected chi connectivity index (χ4v) is 4.00. The maximum Gasteiger partial charge on any atom is 0.416 e. The molecule has 1 saturated heterocycles. The first-order valence-electron chi connectivity index (χ1n) is 9.63. The molecule has 0 N–H and O–H groups in total. The fraction of sp³-hybridized carbons (Fsp3) is 0.526. The monoisotopic (exact) mass is 425 g/mol. The van der Waals surface area contributed by atoms with Crippen LogP contribution in [0.1, 0.15) is 18.1 Å². The summed E-state index contributed by atoms with van der Waals surface area (Å²) < 4.78 is 45.6. The van der Waals surface area contributed by atoms with Crippen molar-refractivity contribution in [3.05, 3.63) is 51.7 Å². The Hall–Kier alpha value is -2.66. The lowest BCUT2D eigenvalue weighted by Gasteiger charge is -2.38. The van der Waals surface area contributed by atoms with Crippen molar-refractivity contribution in [2.45, 2.75) is 31.8 Å². The molecule has 30 heavy (non-hydrogen) atoms. The summed E-state index contributed by atoms with van der Waals surface area (Å²) >= 11 is 0. The van der Waals surface area contributed by atoms with Crippen LogP contribution in [0.3, 0.4) is 0 Å². The van der Waals surface area contributed by atoms with Crippen molar-refractivity contribution in [2.24, 2.45) is 0 Å². The van der Waals surface area contributed by atoms with E-state index in [2.05, 4.69) is 14.8 Å². The molecule has 2 aliphatic rings. The lowest BCUT2D eigenvalue weighted by molar-refractivity contribution is -0.389. The minimum absolute atomic E-state index is 0.219. The Bertz CT molecular complexity index is 897. The molecular formula is C19H22F3N5O3. The molecule has 0 amide bonds. The van der Waals surface area contributed by atoms with Crippen molar-refractivity contribution < 1.29 is 22.8 Å². The molecule has 0 bridgehead atoms. The predicted molar refractivity (Wildman–Crippen MR) is 101 cm³/mol. The van der Waals surface area contributed by atoms with Gasteiger partial charge in [0.25, 0.3) is 0 Å². The van der Waals surface area contributed by atoms with E-state index in [1.54, 1.807) is 4.57 Å². The minimum Gasteiger partial charge on any atom is -0.436 e. The first-order chi connectivity index (χ1) is 14.1. The number of halogens is 3. The van der Waals surface area contributed by atoms with Crippen molar-refractivity contribution >= 4 is 5.82 Å². The Morgan fingerprint density at radius 3 is 2.37 bits per heavy atom. The molecule has 11 heteroatoms. The van der Waals surface area contributed by atoms with E-state index in [-0.39, 0.29) is 11.8 Å². The summed E-state index contributed by atoms with van der Waals surface area (Å²) in [6.07, 6.45) is -2.92. The van der Waals surface area contributed by atoms with Crippen LogP contribution in [0, 0.1) is 10.1 Å². The minimum atomic E-state index is -4.32. The highest BCUT2D eigenvalue weighted by Gasteiger charge is 2.41. The number of rotatable bonds is 5. The highest BCUT2D eigenvalue weighted by Crippen LogP contribution is 2.32. The molecule has 2 aromatic rings. The lowest BCUT2D eigenvalue weighted by Crippen LogP contribution is -2.52. The number of benzene rings is 1. The van der Waals surface area contributed by atoms with E-state index in [0.717, 1.165) is 43.9 Å². The number of alkyl halides is 3. The van der Waals surface area contributed by atoms with Crippen LogP contribution in [0.15, 0.2) is 30.5 Å². The maximum atomic E-state index is 12.7. The number of fused-ring (bicyclic) bond motifs is 1. The SMILES string of the molecule is CC1(CN2CCN(Cc3ccc(C(F)(F)F)cc3)CC2)Cn2cc([N+](=O)[O-])nc2O1. The fourth-order valence-electron chi connectivity index (χ4n) is 4.00. The third-order valence-electron chi connectivity index (χ3n) is 5.47. The van der Waals surface area contributed by atoms with Gasteiger partial charge < -0.3 is 14.9 Å². The van der Waals surface area contributed by atoms with Gasteiger partial charge >= 0.3 is 18.0 Å². The molecule has 8 nitrogen and oxygen atoms in total. The topological polar surface area (TPSA) is 76.7 Å². The van der Waals surface area contributed by atoms with E-state index in [4.69, 9.17) is 4.74 Å². The Balaban J connectivity index is 1.27. The smallest absolute Gasteiger partial charge is 0.416 e. The molecule has 1 aromatic carbocycles. The van der Waals surface area contributed by atoms with Gasteiger partial charge in [-0.1, -0.05) is 12.1 Å². The van der Waals surface area contributed by atoms with E-state index < -0.39 is 22.3 Å². The van der Waals surface area contributed by atoms with Gasteiger partial charge in [-0.2, -0.15) is 13.2 Å². The Morgan fingerprint density at radius 1 is 1.17 bits per heavy atom. The number of piperazine rings is 1. The molecule has 3 heterocycles. The summed E-state index contributed by atoms with van der Waals surface area (Å²) in [7, 11) is 0. The van der Waals surface area contributed by atoms with Crippen molar-refractivity contribution in [2.75, 3.05) is 32.7 Å². The number of ether oxygens (including phenoxy) is 1. The summed E-state index contributed by atoms with van der Waals surface area (Å²) in [5, 5.41) is 10.8. The zero-order valence-corrected chi connectivity index (χ0v) is 16.4. The molecule has 1 fully saturated rings. The van der Waals surface area contributed by atoms with Crippen LogP contribution < -0.4 is 4.74 Å².